The number of rotatable bonds is 5. The first-order valence-electron chi connectivity index (χ1n) is 13.1. The molecule has 36 heavy (non-hydrogen) atoms. The van der Waals surface area contributed by atoms with Gasteiger partial charge in [0.1, 0.15) is 0 Å². The summed E-state index contributed by atoms with van der Waals surface area (Å²) in [5, 5.41) is 10.7. The summed E-state index contributed by atoms with van der Waals surface area (Å²) in [7, 11) is 1.97. The maximum absolute atomic E-state index is 12.8. The molecule has 188 valence electrons. The van der Waals surface area contributed by atoms with Crippen molar-refractivity contribution in [2.45, 2.75) is 44.3 Å². The average molecular weight is 487 g/mol. The summed E-state index contributed by atoms with van der Waals surface area (Å²) < 4.78 is 3.97. The zero-order chi connectivity index (χ0) is 24.8. The molecule has 7 heteroatoms. The van der Waals surface area contributed by atoms with Crippen LogP contribution >= 0.6 is 0 Å². The minimum atomic E-state index is -0.300. The van der Waals surface area contributed by atoms with Gasteiger partial charge < -0.3 is 14.2 Å². The third kappa shape index (κ3) is 4.31. The molecule has 3 atom stereocenters. The zero-order valence-electron chi connectivity index (χ0n) is 20.8. The largest absolute Gasteiger partial charge is 0.503 e. The van der Waals surface area contributed by atoms with E-state index in [9.17, 15) is 14.7 Å². The van der Waals surface area contributed by atoms with Crippen LogP contribution in [0.1, 0.15) is 47.3 Å². The highest BCUT2D eigenvalue weighted by atomic mass is 16.3. The number of piperidine rings is 1. The lowest BCUT2D eigenvalue weighted by atomic mass is 9.83. The number of likely N-dealkylation sites (tertiary alicyclic amines) is 2. The Labute approximate surface area is 211 Å². The lowest BCUT2D eigenvalue weighted by Gasteiger charge is -2.43. The van der Waals surface area contributed by atoms with Gasteiger partial charge in [-0.05, 0) is 42.9 Å². The number of fused-ring (bicyclic) bond motifs is 4. The Morgan fingerprint density at radius 2 is 1.69 bits per heavy atom. The summed E-state index contributed by atoms with van der Waals surface area (Å²) in [5.41, 5.74) is 3.90. The van der Waals surface area contributed by atoms with E-state index in [1.54, 1.807) is 12.1 Å². The Kier molecular flexibility index (Phi) is 6.05. The SMILES string of the molecule is Cn1c(CN2C[C@H]3C[C@@H](C2)c2cccc(=O)n2C3)cc(=O)c(O)c1CN1CCC(c2ccccc2)C1. The Morgan fingerprint density at radius 3 is 2.53 bits per heavy atom. The van der Waals surface area contributed by atoms with Crippen LogP contribution in [0.4, 0.5) is 0 Å². The molecule has 2 aromatic heterocycles. The number of hydrogen-bond donors (Lipinski definition) is 1. The van der Waals surface area contributed by atoms with Gasteiger partial charge in [0.05, 0.1) is 5.69 Å². The van der Waals surface area contributed by atoms with Crippen molar-refractivity contribution in [2.24, 2.45) is 13.0 Å². The van der Waals surface area contributed by atoms with Crippen LogP contribution in [0.5, 0.6) is 5.75 Å². The molecule has 1 aromatic carbocycles. The smallest absolute Gasteiger partial charge is 0.250 e. The normalized spacial score (nSPS) is 24.1. The molecule has 2 bridgehead atoms. The third-order valence-corrected chi connectivity index (χ3v) is 8.50. The van der Waals surface area contributed by atoms with E-state index in [0.29, 0.717) is 36.5 Å². The number of pyridine rings is 2. The van der Waals surface area contributed by atoms with Crippen molar-refractivity contribution in [3.63, 3.8) is 0 Å². The van der Waals surface area contributed by atoms with Gasteiger partial charge in [0.25, 0.3) is 5.56 Å². The standard InChI is InChI=1S/C29H34N4O3/c1-30-24(18-32-14-20-12-23(17-32)25-8-5-9-28(35)33(25)15-20)13-27(34)29(36)26(30)19-31-11-10-22(16-31)21-6-3-2-4-7-21/h2-9,13,20,22-23,36H,10-12,14-19H2,1H3/t20-,22?,23+/m1/s1. The average Bonchev–Trinajstić information content (AvgIpc) is 3.35. The van der Waals surface area contributed by atoms with Gasteiger partial charge in [-0.25, -0.2) is 0 Å². The van der Waals surface area contributed by atoms with Crippen LogP contribution in [0, 0.1) is 5.92 Å². The number of nitrogens with zero attached hydrogens (tertiary/aromatic N) is 4. The van der Waals surface area contributed by atoms with Crippen LogP contribution in [0.2, 0.25) is 0 Å². The summed E-state index contributed by atoms with van der Waals surface area (Å²) in [6, 6.07) is 17.8. The quantitative estimate of drug-likeness (QED) is 0.601. The molecule has 1 N–H and O–H groups in total. The van der Waals surface area contributed by atoms with E-state index in [-0.39, 0.29) is 16.7 Å². The number of hydrogen-bond acceptors (Lipinski definition) is 5. The molecular formula is C29H34N4O3. The van der Waals surface area contributed by atoms with Crippen LogP contribution in [-0.2, 0) is 26.7 Å². The van der Waals surface area contributed by atoms with Crippen LogP contribution in [0.15, 0.2) is 64.2 Å². The lowest BCUT2D eigenvalue weighted by Crippen LogP contribution is -2.47. The number of benzene rings is 1. The highest BCUT2D eigenvalue weighted by Gasteiger charge is 2.35. The molecule has 2 saturated heterocycles. The van der Waals surface area contributed by atoms with Crippen LogP contribution in [0.3, 0.4) is 0 Å². The van der Waals surface area contributed by atoms with Gasteiger partial charge in [-0.3, -0.25) is 19.4 Å². The first-order chi connectivity index (χ1) is 17.5. The van der Waals surface area contributed by atoms with Gasteiger partial charge in [-0.1, -0.05) is 36.4 Å². The van der Waals surface area contributed by atoms with Crippen molar-refractivity contribution in [1.29, 1.82) is 0 Å². The highest BCUT2D eigenvalue weighted by Crippen LogP contribution is 2.35. The van der Waals surface area contributed by atoms with E-state index in [1.807, 2.05) is 28.3 Å². The van der Waals surface area contributed by atoms with Gasteiger partial charge in [-0.2, -0.15) is 0 Å². The highest BCUT2D eigenvalue weighted by molar-refractivity contribution is 5.31. The molecule has 5 heterocycles. The minimum absolute atomic E-state index is 0.0950. The number of aromatic hydroxyl groups is 1. The Morgan fingerprint density at radius 1 is 0.889 bits per heavy atom. The lowest BCUT2D eigenvalue weighted by molar-refractivity contribution is 0.112. The van der Waals surface area contributed by atoms with Gasteiger partial charge in [0.2, 0.25) is 5.43 Å². The van der Waals surface area contributed by atoms with Crippen LogP contribution < -0.4 is 11.0 Å². The van der Waals surface area contributed by atoms with Gasteiger partial charge in [0, 0.05) is 75.8 Å². The van der Waals surface area contributed by atoms with E-state index in [4.69, 9.17) is 0 Å². The maximum Gasteiger partial charge on any atom is 0.250 e. The Bertz CT molecular complexity index is 1380. The molecule has 0 amide bonds. The van der Waals surface area contributed by atoms with Crippen molar-refractivity contribution >= 4 is 0 Å². The van der Waals surface area contributed by atoms with Gasteiger partial charge >= 0.3 is 0 Å². The summed E-state index contributed by atoms with van der Waals surface area (Å²) in [4.78, 5) is 29.9. The predicted molar refractivity (Wildman–Crippen MR) is 139 cm³/mol. The first kappa shape index (κ1) is 23.3. The van der Waals surface area contributed by atoms with E-state index in [0.717, 1.165) is 57.0 Å². The predicted octanol–water partition coefficient (Wildman–Crippen LogP) is 2.86. The molecule has 3 aromatic rings. The molecule has 3 aliphatic heterocycles. The van der Waals surface area contributed by atoms with Crippen LogP contribution in [0.25, 0.3) is 0 Å². The fourth-order valence-electron chi connectivity index (χ4n) is 6.66. The Hall–Kier alpha value is -3.16. The monoisotopic (exact) mass is 486 g/mol. The molecular weight excluding hydrogens is 452 g/mol. The molecule has 0 spiro atoms. The molecule has 6 rings (SSSR count). The first-order valence-corrected chi connectivity index (χ1v) is 13.1. The summed E-state index contributed by atoms with van der Waals surface area (Å²) >= 11 is 0. The topological polar surface area (TPSA) is 70.7 Å². The van der Waals surface area contributed by atoms with E-state index in [1.165, 1.54) is 5.56 Å². The zero-order valence-corrected chi connectivity index (χ0v) is 20.8. The summed E-state index contributed by atoms with van der Waals surface area (Å²) in [6.45, 7) is 5.65. The second-order valence-electron chi connectivity index (χ2n) is 10.9. The third-order valence-electron chi connectivity index (χ3n) is 8.50. The fourth-order valence-corrected chi connectivity index (χ4v) is 6.66. The van der Waals surface area contributed by atoms with Gasteiger partial charge in [-0.15, -0.1) is 0 Å². The minimum Gasteiger partial charge on any atom is -0.503 e. The van der Waals surface area contributed by atoms with E-state index in [2.05, 4.69) is 40.1 Å². The van der Waals surface area contributed by atoms with Gasteiger partial charge in [0.15, 0.2) is 5.75 Å². The fraction of sp³-hybridized carbons (Fsp3) is 0.448. The molecule has 0 radical (unpaired) electrons. The Balaban J connectivity index is 1.20. The summed E-state index contributed by atoms with van der Waals surface area (Å²) in [5.74, 6) is 1.12. The van der Waals surface area contributed by atoms with Crippen molar-refractivity contribution in [3.8, 4) is 5.75 Å². The van der Waals surface area contributed by atoms with E-state index < -0.39 is 0 Å². The van der Waals surface area contributed by atoms with Crippen molar-refractivity contribution < 1.29 is 5.11 Å². The second kappa shape index (κ2) is 9.37. The number of aromatic nitrogens is 2. The van der Waals surface area contributed by atoms with Crippen molar-refractivity contribution in [1.82, 2.24) is 18.9 Å². The molecule has 0 aliphatic carbocycles. The van der Waals surface area contributed by atoms with Crippen LogP contribution in [-0.4, -0.2) is 50.2 Å². The maximum atomic E-state index is 12.8. The summed E-state index contributed by atoms with van der Waals surface area (Å²) in [6.07, 6.45) is 2.19. The molecule has 1 unspecified atom stereocenters. The molecule has 2 fully saturated rings. The molecule has 0 saturated carbocycles. The molecule has 7 nitrogen and oxygen atoms in total. The molecule has 3 aliphatic rings. The van der Waals surface area contributed by atoms with Crippen molar-refractivity contribution in [2.75, 3.05) is 26.2 Å². The van der Waals surface area contributed by atoms with Crippen molar-refractivity contribution in [3.05, 3.63) is 97.8 Å². The second-order valence-corrected chi connectivity index (χ2v) is 10.9. The van der Waals surface area contributed by atoms with E-state index >= 15 is 0 Å².